The number of hydrogen-bond donors (Lipinski definition) is 0. The van der Waals surface area contributed by atoms with Crippen LogP contribution in [0.2, 0.25) is 0 Å². The van der Waals surface area contributed by atoms with Crippen molar-refractivity contribution in [1.29, 1.82) is 0 Å². The van der Waals surface area contributed by atoms with Crippen molar-refractivity contribution in [2.45, 2.75) is 17.7 Å². The number of likely N-dealkylation sites (tertiary alicyclic amines) is 1. The zero-order valence-corrected chi connectivity index (χ0v) is 18.0. The van der Waals surface area contributed by atoms with Crippen LogP contribution in [0, 0.1) is 0 Å². The third kappa shape index (κ3) is 4.62. The summed E-state index contributed by atoms with van der Waals surface area (Å²) in [6, 6.07) is 22.2. The van der Waals surface area contributed by atoms with Crippen LogP contribution in [0.1, 0.15) is 5.89 Å². The van der Waals surface area contributed by atoms with E-state index < -0.39 is 0 Å². The number of aromatic nitrogens is 3. The number of thioether (sulfide) groups is 1. The summed E-state index contributed by atoms with van der Waals surface area (Å²) in [5, 5.41) is 5.10. The lowest BCUT2D eigenvalue weighted by Gasteiger charge is -2.38. The molecule has 2 aromatic carbocycles. The van der Waals surface area contributed by atoms with Crippen molar-refractivity contribution in [3.8, 4) is 28.3 Å². The van der Waals surface area contributed by atoms with E-state index in [0.717, 1.165) is 40.6 Å². The average molecular weight is 431 g/mol. The number of nitrogens with zero attached hydrogens (tertiary/aromatic N) is 4. The zero-order chi connectivity index (χ0) is 21.0. The summed E-state index contributed by atoms with van der Waals surface area (Å²) in [4.78, 5) is 11.2. The fraction of sp³-hybridized carbons (Fsp3) is 0.208. The third-order valence-electron chi connectivity index (χ3n) is 5.22. The molecule has 0 N–H and O–H groups in total. The highest BCUT2D eigenvalue weighted by molar-refractivity contribution is 7.98. The molecule has 7 heteroatoms. The monoisotopic (exact) mass is 430 g/mol. The first kappa shape index (κ1) is 19.8. The van der Waals surface area contributed by atoms with Crippen LogP contribution >= 0.6 is 11.8 Å². The molecule has 0 spiro atoms. The largest absolute Gasteiger partial charge is 0.488 e. The highest BCUT2D eigenvalue weighted by atomic mass is 32.2. The molecule has 0 unspecified atom stereocenters. The van der Waals surface area contributed by atoms with Crippen molar-refractivity contribution >= 4 is 11.8 Å². The molecule has 0 radical (unpaired) electrons. The predicted molar refractivity (Wildman–Crippen MR) is 121 cm³/mol. The van der Waals surface area contributed by atoms with E-state index >= 15 is 0 Å². The van der Waals surface area contributed by atoms with Gasteiger partial charge in [-0.25, -0.2) is 4.98 Å². The molecule has 0 aliphatic carbocycles. The van der Waals surface area contributed by atoms with Gasteiger partial charge in [0.05, 0.1) is 11.6 Å². The summed E-state index contributed by atoms with van der Waals surface area (Å²) >= 11 is 1.64. The Morgan fingerprint density at radius 2 is 1.74 bits per heavy atom. The van der Waals surface area contributed by atoms with Crippen molar-refractivity contribution in [3.63, 3.8) is 0 Å². The maximum atomic E-state index is 6.09. The van der Waals surface area contributed by atoms with Gasteiger partial charge in [0.2, 0.25) is 11.7 Å². The molecule has 0 atom stereocenters. The Kier molecular flexibility index (Phi) is 5.69. The molecule has 1 fully saturated rings. The quantitative estimate of drug-likeness (QED) is 0.391. The minimum absolute atomic E-state index is 0.171. The van der Waals surface area contributed by atoms with Gasteiger partial charge in [-0.05, 0) is 30.0 Å². The Morgan fingerprint density at radius 1 is 0.968 bits per heavy atom. The molecule has 0 amide bonds. The van der Waals surface area contributed by atoms with Crippen LogP contribution in [-0.2, 0) is 6.54 Å². The van der Waals surface area contributed by atoms with Crippen LogP contribution in [0.5, 0.6) is 5.75 Å². The number of rotatable bonds is 7. The van der Waals surface area contributed by atoms with Crippen LogP contribution in [-0.4, -0.2) is 45.5 Å². The van der Waals surface area contributed by atoms with Gasteiger partial charge in [0.1, 0.15) is 11.9 Å². The summed E-state index contributed by atoms with van der Waals surface area (Å²) in [6.07, 6.45) is 4.11. The molecule has 4 aromatic rings. The third-order valence-corrected chi connectivity index (χ3v) is 5.88. The summed E-state index contributed by atoms with van der Waals surface area (Å²) in [5.74, 6) is 2.14. The fourth-order valence-electron chi connectivity index (χ4n) is 3.53. The van der Waals surface area contributed by atoms with E-state index in [4.69, 9.17) is 9.26 Å². The first-order valence-electron chi connectivity index (χ1n) is 10.1. The highest BCUT2D eigenvalue weighted by Gasteiger charge is 2.29. The molecular formula is C24H22N4O2S. The second kappa shape index (κ2) is 8.91. The lowest BCUT2D eigenvalue weighted by molar-refractivity contribution is 0.00864. The minimum Gasteiger partial charge on any atom is -0.488 e. The van der Waals surface area contributed by atoms with E-state index in [1.54, 1.807) is 11.8 Å². The molecule has 5 rings (SSSR count). The van der Waals surface area contributed by atoms with E-state index in [-0.39, 0.29) is 6.10 Å². The first-order chi connectivity index (χ1) is 15.3. The Labute approximate surface area is 185 Å². The smallest absolute Gasteiger partial charge is 0.241 e. The summed E-state index contributed by atoms with van der Waals surface area (Å²) in [5.41, 5.74) is 3.20. The van der Waals surface area contributed by atoms with Gasteiger partial charge < -0.3 is 9.26 Å². The van der Waals surface area contributed by atoms with Crippen LogP contribution in [0.3, 0.4) is 0 Å². The van der Waals surface area contributed by atoms with E-state index in [9.17, 15) is 0 Å². The molecule has 31 heavy (non-hydrogen) atoms. The second-order valence-electron chi connectivity index (χ2n) is 7.43. The Hall–Kier alpha value is -3.16. The van der Waals surface area contributed by atoms with Crippen LogP contribution < -0.4 is 4.74 Å². The maximum absolute atomic E-state index is 6.09. The topological polar surface area (TPSA) is 64.3 Å². The molecule has 3 heterocycles. The van der Waals surface area contributed by atoms with Gasteiger partial charge in [0, 0.05) is 30.4 Å². The number of pyridine rings is 1. The average Bonchev–Trinajstić information content (AvgIpc) is 3.27. The van der Waals surface area contributed by atoms with Gasteiger partial charge in [0.15, 0.2) is 0 Å². The lowest BCUT2D eigenvalue weighted by Crippen LogP contribution is -2.53. The molecule has 6 nitrogen and oxygen atoms in total. The molecule has 0 saturated carbocycles. The number of ether oxygens (including phenoxy) is 1. The van der Waals surface area contributed by atoms with E-state index in [1.165, 1.54) is 0 Å². The fourth-order valence-corrected chi connectivity index (χ4v) is 3.89. The predicted octanol–water partition coefficient (Wildman–Crippen LogP) is 4.78. The van der Waals surface area contributed by atoms with Crippen molar-refractivity contribution in [3.05, 3.63) is 78.8 Å². The second-order valence-corrected chi connectivity index (χ2v) is 8.25. The molecule has 1 saturated heterocycles. The zero-order valence-electron chi connectivity index (χ0n) is 17.1. The first-order valence-corrected chi connectivity index (χ1v) is 11.4. The van der Waals surface area contributed by atoms with Crippen molar-refractivity contribution < 1.29 is 9.26 Å². The molecule has 2 aromatic heterocycles. The van der Waals surface area contributed by atoms with Gasteiger partial charge >= 0.3 is 0 Å². The van der Waals surface area contributed by atoms with Crippen LogP contribution in [0.4, 0.5) is 0 Å². The van der Waals surface area contributed by atoms with E-state index in [2.05, 4.69) is 38.2 Å². The maximum Gasteiger partial charge on any atom is 0.241 e. The molecule has 1 aliphatic rings. The van der Waals surface area contributed by atoms with Crippen molar-refractivity contribution in [1.82, 2.24) is 20.0 Å². The highest BCUT2D eigenvalue weighted by Crippen LogP contribution is 2.25. The molecule has 0 bridgehead atoms. The summed E-state index contributed by atoms with van der Waals surface area (Å²) in [7, 11) is 0. The molecular weight excluding hydrogens is 408 g/mol. The van der Waals surface area contributed by atoms with Gasteiger partial charge in [-0.1, -0.05) is 53.7 Å². The minimum atomic E-state index is 0.171. The van der Waals surface area contributed by atoms with E-state index in [1.807, 2.05) is 61.0 Å². The molecule has 156 valence electrons. The molecule has 1 aliphatic heterocycles. The Balaban J connectivity index is 1.12. The van der Waals surface area contributed by atoms with Gasteiger partial charge in [-0.3, -0.25) is 4.90 Å². The van der Waals surface area contributed by atoms with Crippen LogP contribution in [0.15, 0.2) is 82.5 Å². The normalized spacial score (nSPS) is 14.4. The van der Waals surface area contributed by atoms with Crippen molar-refractivity contribution in [2.24, 2.45) is 0 Å². The van der Waals surface area contributed by atoms with Crippen molar-refractivity contribution in [2.75, 3.05) is 19.3 Å². The van der Waals surface area contributed by atoms with E-state index in [0.29, 0.717) is 18.3 Å². The Bertz CT molecular complexity index is 1120. The van der Waals surface area contributed by atoms with Gasteiger partial charge in [-0.2, -0.15) is 4.98 Å². The number of benzene rings is 2. The summed E-state index contributed by atoms with van der Waals surface area (Å²) < 4.78 is 11.5. The van der Waals surface area contributed by atoms with Gasteiger partial charge in [-0.15, -0.1) is 11.8 Å². The SMILES string of the molecule is CSc1ccc(-c2ccc(OC3CN(Cc4nc(-c5ccccc5)no4)C3)cc2)cn1. The lowest BCUT2D eigenvalue weighted by atomic mass is 10.1. The number of hydrogen-bond acceptors (Lipinski definition) is 7. The standard InChI is InChI=1S/C24H22N4O2S/c1-31-23-12-9-19(13-25-23)17-7-10-20(11-8-17)29-21-14-28(15-21)16-22-26-24(27-30-22)18-5-3-2-4-6-18/h2-13,21H,14-16H2,1H3. The van der Waals surface area contributed by atoms with Gasteiger partial charge in [0.25, 0.3) is 0 Å². The Morgan fingerprint density at radius 3 is 2.45 bits per heavy atom. The van der Waals surface area contributed by atoms with Crippen LogP contribution in [0.25, 0.3) is 22.5 Å². The summed E-state index contributed by atoms with van der Waals surface area (Å²) in [6.45, 7) is 2.31.